The molecule has 0 spiro atoms. The van der Waals surface area contributed by atoms with Crippen molar-refractivity contribution in [2.24, 2.45) is 0 Å². The molecule has 6 nitrogen and oxygen atoms in total. The minimum Gasteiger partial charge on any atom is -0.492 e. The quantitative estimate of drug-likeness (QED) is 0.255. The second-order valence-electron chi connectivity index (χ2n) is 8.82. The lowest BCUT2D eigenvalue weighted by atomic mass is 10.1. The summed E-state index contributed by atoms with van der Waals surface area (Å²) in [4.78, 5) is 23.6. The Morgan fingerprint density at radius 1 is 1.22 bits per heavy atom. The van der Waals surface area contributed by atoms with Crippen LogP contribution in [-0.4, -0.2) is 22.5 Å². The molecule has 0 fully saturated rings. The molecule has 0 aromatic carbocycles. The van der Waals surface area contributed by atoms with E-state index in [9.17, 15) is 4.79 Å². The van der Waals surface area contributed by atoms with Gasteiger partial charge in [-0.3, -0.25) is 4.79 Å². The van der Waals surface area contributed by atoms with Crippen molar-refractivity contribution in [3.8, 4) is 5.75 Å². The van der Waals surface area contributed by atoms with Crippen LogP contribution in [0.5, 0.6) is 5.75 Å². The minimum absolute atomic E-state index is 0.192. The van der Waals surface area contributed by atoms with Gasteiger partial charge in [-0.1, -0.05) is 63.1 Å². The number of carbonyl (C=O) groups excluding carboxylic acids is 1. The number of pyridine rings is 2. The van der Waals surface area contributed by atoms with Crippen LogP contribution < -0.4 is 15.4 Å². The maximum Gasteiger partial charge on any atom is 0.274 e. The van der Waals surface area contributed by atoms with Crippen molar-refractivity contribution in [2.45, 2.75) is 79.2 Å². The number of amides is 1. The highest BCUT2D eigenvalue weighted by Crippen LogP contribution is 2.37. The number of allylic oxidation sites excluding steroid dienone is 3. The number of nitrogens with one attached hydrogen (secondary N) is 2. The van der Waals surface area contributed by atoms with Gasteiger partial charge in [0.2, 0.25) is 0 Å². The van der Waals surface area contributed by atoms with Crippen LogP contribution in [0.1, 0.15) is 88.0 Å². The van der Waals surface area contributed by atoms with E-state index in [2.05, 4.69) is 70.3 Å². The number of halogens is 1. The first-order valence-electron chi connectivity index (χ1n) is 12.8. The van der Waals surface area contributed by atoms with Gasteiger partial charge >= 0.3 is 0 Å². The average molecular weight is 574 g/mol. The molecule has 0 bridgehead atoms. The number of anilines is 1. The fourth-order valence-electron chi connectivity index (χ4n) is 4.00. The fraction of sp³-hybridized carbons (Fsp3) is 0.464. The topological polar surface area (TPSA) is 76.1 Å². The fourth-order valence-corrected chi connectivity index (χ4v) is 5.64. The molecule has 1 aliphatic heterocycles. The van der Waals surface area contributed by atoms with Gasteiger partial charge in [-0.05, 0) is 65.6 Å². The van der Waals surface area contributed by atoms with Crippen LogP contribution in [0.15, 0.2) is 50.5 Å². The largest absolute Gasteiger partial charge is 0.492 e. The maximum absolute atomic E-state index is 13.1. The molecule has 194 valence electrons. The van der Waals surface area contributed by atoms with Crippen LogP contribution in [-0.2, 0) is 13.0 Å². The Balaban J connectivity index is 1.69. The summed E-state index contributed by atoms with van der Waals surface area (Å²) in [7, 11) is 0. The molecule has 2 N–H and O–H groups in total. The van der Waals surface area contributed by atoms with Gasteiger partial charge in [-0.15, -0.1) is 0 Å². The zero-order chi connectivity index (χ0) is 25.9. The third-order valence-corrected chi connectivity index (χ3v) is 7.73. The number of carbonyl (C=O) groups is 1. The number of aromatic nitrogens is 2. The Bertz CT molecular complexity index is 1120. The second kappa shape index (κ2) is 14.4. The Hall–Kier alpha value is -2.32. The van der Waals surface area contributed by atoms with E-state index in [1.165, 1.54) is 10.5 Å². The number of ether oxygens (including phenoxy) is 1. The van der Waals surface area contributed by atoms with Gasteiger partial charge < -0.3 is 15.4 Å². The summed E-state index contributed by atoms with van der Waals surface area (Å²) in [5.74, 6) is 1.45. The summed E-state index contributed by atoms with van der Waals surface area (Å²) in [5.41, 5.74) is 3.65. The first-order valence-corrected chi connectivity index (χ1v) is 14.5. The van der Waals surface area contributed by atoms with Gasteiger partial charge in [0, 0.05) is 18.2 Å². The molecule has 1 aliphatic rings. The van der Waals surface area contributed by atoms with Crippen LogP contribution in [0.2, 0.25) is 0 Å². The molecule has 1 amide bonds. The summed E-state index contributed by atoms with van der Waals surface area (Å²) in [6.45, 7) is 9.84. The Morgan fingerprint density at radius 3 is 2.81 bits per heavy atom. The van der Waals surface area contributed by atoms with E-state index >= 15 is 0 Å². The van der Waals surface area contributed by atoms with Crippen molar-refractivity contribution in [1.29, 1.82) is 0 Å². The minimum atomic E-state index is -0.192. The third kappa shape index (κ3) is 7.84. The number of thioether (sulfide) groups is 1. The van der Waals surface area contributed by atoms with Crippen molar-refractivity contribution in [2.75, 3.05) is 11.9 Å². The van der Waals surface area contributed by atoms with E-state index in [-0.39, 0.29) is 5.91 Å². The van der Waals surface area contributed by atoms with Crippen molar-refractivity contribution in [3.05, 3.63) is 67.4 Å². The van der Waals surface area contributed by atoms with Crippen LogP contribution in [0.25, 0.3) is 0 Å². The highest BCUT2D eigenvalue weighted by molar-refractivity contribution is 9.10. The lowest BCUT2D eigenvalue weighted by Gasteiger charge is -2.15. The molecule has 0 atom stereocenters. The average Bonchev–Trinajstić information content (AvgIpc) is 3.38. The van der Waals surface area contributed by atoms with Gasteiger partial charge in [0.25, 0.3) is 5.91 Å². The molecule has 8 heteroatoms. The van der Waals surface area contributed by atoms with E-state index in [0.29, 0.717) is 18.8 Å². The van der Waals surface area contributed by atoms with Crippen molar-refractivity contribution >= 4 is 39.4 Å². The smallest absolute Gasteiger partial charge is 0.274 e. The van der Waals surface area contributed by atoms with E-state index in [0.717, 1.165) is 77.3 Å². The Kier molecular flexibility index (Phi) is 11.3. The Morgan fingerprint density at radius 2 is 2.06 bits per heavy atom. The van der Waals surface area contributed by atoms with Gasteiger partial charge in [-0.2, -0.15) is 0 Å². The predicted molar refractivity (Wildman–Crippen MR) is 153 cm³/mol. The molecule has 0 radical (unpaired) electrons. The van der Waals surface area contributed by atoms with E-state index in [1.54, 1.807) is 24.0 Å². The number of hydrogen-bond acceptors (Lipinski definition) is 6. The summed E-state index contributed by atoms with van der Waals surface area (Å²) in [6, 6.07) is 5.54. The standard InChI is InChI=1S/C28H37BrN4O2S/c1-5-8-14-24(19(4)10-6-2)36-25(11-7-3)33-28(34)23-13-9-12-20(32-23)17-30-27-21-15-16-35-26(21)22(29)18-31-27/h9,11-13,18H,5-8,10,14-17H2,1-4H3,(H,30,31)(H,33,34)/b24-19+,25-11+. The molecule has 3 rings (SSSR count). The number of fused-ring (bicyclic) bond motifs is 1. The molecule has 0 unspecified atom stereocenters. The number of unbranched alkanes of at least 4 members (excludes halogenated alkanes) is 1. The predicted octanol–water partition coefficient (Wildman–Crippen LogP) is 7.76. The van der Waals surface area contributed by atoms with E-state index in [4.69, 9.17) is 4.74 Å². The van der Waals surface area contributed by atoms with Gasteiger partial charge in [0.1, 0.15) is 17.3 Å². The monoisotopic (exact) mass is 572 g/mol. The molecular weight excluding hydrogens is 536 g/mol. The van der Waals surface area contributed by atoms with E-state index < -0.39 is 0 Å². The van der Waals surface area contributed by atoms with Crippen LogP contribution in [0.3, 0.4) is 0 Å². The van der Waals surface area contributed by atoms with Crippen LogP contribution in [0.4, 0.5) is 5.82 Å². The first kappa shape index (κ1) is 28.3. The molecule has 0 saturated carbocycles. The second-order valence-corrected chi connectivity index (χ2v) is 10.8. The van der Waals surface area contributed by atoms with Crippen molar-refractivity contribution in [3.63, 3.8) is 0 Å². The van der Waals surface area contributed by atoms with Gasteiger partial charge in [0.15, 0.2) is 0 Å². The maximum atomic E-state index is 13.1. The van der Waals surface area contributed by atoms with Crippen LogP contribution >= 0.6 is 27.7 Å². The zero-order valence-corrected chi connectivity index (χ0v) is 24.2. The third-order valence-electron chi connectivity index (χ3n) is 5.88. The number of hydrogen-bond donors (Lipinski definition) is 2. The number of nitrogens with zero attached hydrogens (tertiary/aromatic N) is 2. The lowest BCUT2D eigenvalue weighted by molar-refractivity contribution is 0.0963. The Labute approximate surface area is 227 Å². The molecule has 0 aliphatic carbocycles. The van der Waals surface area contributed by atoms with Gasteiger partial charge in [-0.25, -0.2) is 9.97 Å². The van der Waals surface area contributed by atoms with E-state index in [1.807, 2.05) is 12.1 Å². The summed E-state index contributed by atoms with van der Waals surface area (Å²) in [5, 5.41) is 7.35. The highest BCUT2D eigenvalue weighted by atomic mass is 79.9. The molecular formula is C28H37BrN4O2S. The molecule has 2 aromatic heterocycles. The summed E-state index contributed by atoms with van der Waals surface area (Å²) >= 11 is 5.19. The normalized spacial score (nSPS) is 13.6. The SMILES string of the molecule is CC/C=C(\NC(=O)c1cccc(CNc2ncc(Br)c3c2CCO3)n1)S/C(CCCC)=C(\C)CCC. The molecule has 36 heavy (non-hydrogen) atoms. The molecule has 3 heterocycles. The molecule has 2 aromatic rings. The lowest BCUT2D eigenvalue weighted by Crippen LogP contribution is -2.23. The van der Waals surface area contributed by atoms with Crippen molar-refractivity contribution in [1.82, 2.24) is 15.3 Å². The van der Waals surface area contributed by atoms with Gasteiger partial charge in [0.05, 0.1) is 28.3 Å². The highest BCUT2D eigenvalue weighted by Gasteiger charge is 2.20. The zero-order valence-electron chi connectivity index (χ0n) is 21.7. The summed E-state index contributed by atoms with van der Waals surface area (Å²) < 4.78 is 6.57. The van der Waals surface area contributed by atoms with Crippen molar-refractivity contribution < 1.29 is 9.53 Å². The molecule has 0 saturated heterocycles. The summed E-state index contributed by atoms with van der Waals surface area (Å²) in [6.07, 6.45) is 11.0. The number of rotatable bonds is 13. The first-order chi connectivity index (χ1) is 17.5. The van der Waals surface area contributed by atoms with Crippen LogP contribution in [0, 0.1) is 0 Å².